The van der Waals surface area contributed by atoms with Gasteiger partial charge in [-0.05, 0) is 73.4 Å². The monoisotopic (exact) mass is 571 g/mol. The van der Waals surface area contributed by atoms with Crippen LogP contribution in [0.2, 0.25) is 0 Å². The van der Waals surface area contributed by atoms with Gasteiger partial charge in [0.05, 0.1) is 50.0 Å². The molecule has 214 valence electrons. The van der Waals surface area contributed by atoms with E-state index < -0.39 is 0 Å². The molecule has 2 atom stereocenters. The Kier molecular flexibility index (Phi) is 4.88. The Bertz CT molecular complexity index is 2080. The summed E-state index contributed by atoms with van der Waals surface area (Å²) in [6.07, 6.45) is 3.11. The van der Waals surface area contributed by atoms with Crippen molar-refractivity contribution in [1.82, 2.24) is 14.0 Å². The van der Waals surface area contributed by atoms with Gasteiger partial charge in [0, 0.05) is 44.7 Å². The third kappa shape index (κ3) is 3.05. The van der Waals surface area contributed by atoms with Gasteiger partial charge < -0.3 is 23.3 Å². The summed E-state index contributed by atoms with van der Waals surface area (Å²) in [7, 11) is 4.93. The van der Waals surface area contributed by atoms with Crippen LogP contribution in [0, 0.1) is 0 Å². The summed E-state index contributed by atoms with van der Waals surface area (Å²) in [6.45, 7) is 0.175. The predicted molar refractivity (Wildman–Crippen MR) is 165 cm³/mol. The number of carbonyl (C=O) groups is 2. The molecule has 1 unspecified atom stereocenters. The lowest BCUT2D eigenvalue weighted by molar-refractivity contribution is 0.0643. The number of amides is 2. The van der Waals surface area contributed by atoms with E-state index in [-0.39, 0.29) is 18.4 Å². The number of rotatable bonds is 5. The molecule has 2 bridgehead atoms. The fourth-order valence-corrected chi connectivity index (χ4v) is 8.07. The first-order valence-corrected chi connectivity index (χ1v) is 14.7. The second-order valence-corrected chi connectivity index (χ2v) is 11.9. The molecule has 2 aliphatic heterocycles. The third-order valence-corrected chi connectivity index (χ3v) is 9.92. The zero-order chi connectivity index (χ0) is 29.1. The molecule has 43 heavy (non-hydrogen) atoms. The number of carbonyl (C=O) groups excluding carboxylic acids is 2. The van der Waals surface area contributed by atoms with E-state index in [2.05, 4.69) is 21.3 Å². The molecule has 1 aliphatic carbocycles. The molecule has 8 heteroatoms. The van der Waals surface area contributed by atoms with Crippen molar-refractivity contribution in [3.63, 3.8) is 0 Å². The fourth-order valence-electron chi connectivity index (χ4n) is 8.07. The van der Waals surface area contributed by atoms with Crippen molar-refractivity contribution >= 4 is 55.4 Å². The summed E-state index contributed by atoms with van der Waals surface area (Å²) in [5.74, 6) is 1.63. The van der Waals surface area contributed by atoms with Crippen molar-refractivity contribution in [3.05, 3.63) is 77.4 Å². The van der Waals surface area contributed by atoms with Crippen molar-refractivity contribution in [2.24, 2.45) is 0 Å². The van der Waals surface area contributed by atoms with Crippen LogP contribution < -0.4 is 14.2 Å². The minimum Gasteiger partial charge on any atom is -0.497 e. The summed E-state index contributed by atoms with van der Waals surface area (Å²) in [4.78, 5) is 30.5. The average molecular weight is 572 g/mol. The summed E-state index contributed by atoms with van der Waals surface area (Å²) in [6, 6.07) is 20.3. The van der Waals surface area contributed by atoms with Gasteiger partial charge >= 0.3 is 0 Å². The van der Waals surface area contributed by atoms with Gasteiger partial charge in [-0.1, -0.05) is 12.1 Å². The van der Waals surface area contributed by atoms with E-state index in [0.29, 0.717) is 23.2 Å². The van der Waals surface area contributed by atoms with Gasteiger partial charge in [0.15, 0.2) is 0 Å². The Morgan fingerprint density at radius 2 is 1.12 bits per heavy atom. The molecule has 1 fully saturated rings. The van der Waals surface area contributed by atoms with Crippen LogP contribution in [0.3, 0.4) is 0 Å². The second kappa shape index (κ2) is 8.53. The fraction of sp³-hybridized carbons (Fsp3) is 0.257. The van der Waals surface area contributed by atoms with E-state index in [4.69, 9.17) is 14.2 Å². The van der Waals surface area contributed by atoms with E-state index >= 15 is 0 Å². The molecule has 0 saturated heterocycles. The molecular formula is C35H29N3O5. The lowest BCUT2D eigenvalue weighted by atomic mass is 9.96. The highest BCUT2D eigenvalue weighted by atomic mass is 16.5. The Morgan fingerprint density at radius 1 is 0.651 bits per heavy atom. The highest BCUT2D eigenvalue weighted by Crippen LogP contribution is 2.54. The molecule has 8 nitrogen and oxygen atoms in total. The molecule has 2 amide bonds. The first kappa shape index (κ1) is 24.6. The highest BCUT2D eigenvalue weighted by molar-refractivity contribution is 6.39. The van der Waals surface area contributed by atoms with Gasteiger partial charge in [-0.15, -0.1) is 0 Å². The van der Waals surface area contributed by atoms with E-state index in [1.807, 2.05) is 48.5 Å². The van der Waals surface area contributed by atoms with E-state index in [1.165, 1.54) is 4.90 Å². The Morgan fingerprint density at radius 3 is 1.58 bits per heavy atom. The number of hydrogen-bond donors (Lipinski definition) is 0. The van der Waals surface area contributed by atoms with Crippen LogP contribution in [-0.2, 0) is 6.54 Å². The number of ether oxygens (including phenoxy) is 3. The summed E-state index contributed by atoms with van der Waals surface area (Å²) < 4.78 is 21.5. The molecule has 9 rings (SSSR count). The van der Waals surface area contributed by atoms with Crippen LogP contribution in [0.15, 0.2) is 60.7 Å². The maximum Gasteiger partial charge on any atom is 0.262 e. The summed E-state index contributed by atoms with van der Waals surface area (Å²) >= 11 is 0. The summed E-state index contributed by atoms with van der Waals surface area (Å²) in [5, 5.41) is 3.57. The number of imide groups is 1. The SMILES string of the molecule is COc1ccc(CN2C(=O)c3c(c4c5cc(OC)ccc5n5c4c4c3c3cc(OC)ccc3n4C3CC[C@@H]5C3)C2=O)cc1. The number of aromatic nitrogens is 2. The van der Waals surface area contributed by atoms with Crippen LogP contribution >= 0.6 is 0 Å². The molecular weight excluding hydrogens is 542 g/mol. The highest BCUT2D eigenvalue weighted by Gasteiger charge is 2.45. The van der Waals surface area contributed by atoms with E-state index in [0.717, 1.165) is 85.7 Å². The molecule has 1 saturated carbocycles. The molecule has 4 aromatic carbocycles. The van der Waals surface area contributed by atoms with Gasteiger partial charge in [0.1, 0.15) is 17.2 Å². The molecule has 4 heterocycles. The van der Waals surface area contributed by atoms with E-state index in [1.54, 1.807) is 21.3 Å². The van der Waals surface area contributed by atoms with Crippen LogP contribution in [0.25, 0.3) is 43.6 Å². The molecule has 0 spiro atoms. The summed E-state index contributed by atoms with van der Waals surface area (Å²) in [5.41, 5.74) is 6.03. The molecule has 0 radical (unpaired) electrons. The standard InChI is InChI=1S/C35H29N3O5/c1-41-21-8-4-18(5-9-21)17-36-34(39)30-28-24-15-22(42-2)10-12-26(24)37-19-6-7-20(14-19)38-27-13-11-23(43-3)16-25(27)29(31(30)35(36)40)33(38)32(28)37/h4-5,8-13,15-16,19-20H,6-7,14,17H2,1-3H3/t19-,20?/m1/s1. The third-order valence-electron chi connectivity index (χ3n) is 9.92. The largest absolute Gasteiger partial charge is 0.497 e. The Balaban J connectivity index is 1.44. The topological polar surface area (TPSA) is 74.9 Å². The number of nitrogens with zero attached hydrogens (tertiary/aromatic N) is 3. The van der Waals surface area contributed by atoms with Crippen molar-refractivity contribution in [2.75, 3.05) is 21.3 Å². The van der Waals surface area contributed by atoms with Gasteiger partial charge in [0.25, 0.3) is 11.8 Å². The Labute approximate surface area is 246 Å². The van der Waals surface area contributed by atoms with Gasteiger partial charge in [0.2, 0.25) is 0 Å². The van der Waals surface area contributed by atoms with Gasteiger partial charge in [-0.3, -0.25) is 14.5 Å². The predicted octanol–water partition coefficient (Wildman–Crippen LogP) is 7.00. The average Bonchev–Trinajstić information content (AvgIpc) is 3.75. The zero-order valence-corrected chi connectivity index (χ0v) is 24.1. The quantitative estimate of drug-likeness (QED) is 0.208. The minimum absolute atomic E-state index is 0.175. The molecule has 0 N–H and O–H groups in total. The van der Waals surface area contributed by atoms with Gasteiger partial charge in [-0.25, -0.2) is 0 Å². The molecule has 6 aromatic rings. The van der Waals surface area contributed by atoms with Crippen LogP contribution in [-0.4, -0.2) is 47.2 Å². The molecule has 3 aliphatic rings. The maximum atomic E-state index is 14.5. The van der Waals surface area contributed by atoms with E-state index in [9.17, 15) is 9.59 Å². The zero-order valence-electron chi connectivity index (χ0n) is 24.1. The number of hydrogen-bond acceptors (Lipinski definition) is 5. The first-order valence-electron chi connectivity index (χ1n) is 14.7. The van der Waals surface area contributed by atoms with Crippen LogP contribution in [0.1, 0.15) is 57.6 Å². The van der Waals surface area contributed by atoms with Crippen LogP contribution in [0.5, 0.6) is 17.2 Å². The smallest absolute Gasteiger partial charge is 0.262 e. The normalized spacial score (nSPS) is 18.9. The second-order valence-electron chi connectivity index (χ2n) is 11.9. The maximum absolute atomic E-state index is 14.5. The van der Waals surface area contributed by atoms with Crippen LogP contribution in [0.4, 0.5) is 0 Å². The lowest BCUT2D eigenvalue weighted by Crippen LogP contribution is -2.29. The lowest BCUT2D eigenvalue weighted by Gasteiger charge is -2.16. The Hall–Kier alpha value is -4.98. The van der Waals surface area contributed by atoms with Gasteiger partial charge in [-0.2, -0.15) is 0 Å². The number of methoxy groups -OCH3 is 3. The van der Waals surface area contributed by atoms with Crippen molar-refractivity contribution in [3.8, 4) is 17.2 Å². The number of fused-ring (bicyclic) bond motifs is 13. The number of benzene rings is 4. The van der Waals surface area contributed by atoms with Crippen molar-refractivity contribution in [1.29, 1.82) is 0 Å². The molecule has 2 aromatic heterocycles. The minimum atomic E-state index is -0.266. The van der Waals surface area contributed by atoms with Crippen molar-refractivity contribution < 1.29 is 23.8 Å². The van der Waals surface area contributed by atoms with Crippen molar-refractivity contribution in [2.45, 2.75) is 37.9 Å². The first-order chi connectivity index (χ1) is 21.0.